The standard InChI is InChI=1S/C13H17N3O2/c1-11(2,18)12-5-13(6-12)8-15-9(16(13)7-12)3-4-14-10(15)17/h3-4,18H,5-8H2,1-2H3. The molecule has 3 aliphatic heterocycles. The molecule has 5 nitrogen and oxygen atoms in total. The highest BCUT2D eigenvalue weighted by atomic mass is 16.3. The molecule has 1 aromatic heterocycles. The van der Waals surface area contributed by atoms with Crippen LogP contribution in [0, 0.1) is 5.41 Å². The van der Waals surface area contributed by atoms with E-state index < -0.39 is 5.60 Å². The van der Waals surface area contributed by atoms with E-state index in [2.05, 4.69) is 9.88 Å². The fraction of sp³-hybridized carbons (Fsp3) is 0.692. The van der Waals surface area contributed by atoms with Gasteiger partial charge < -0.3 is 10.0 Å². The zero-order valence-corrected chi connectivity index (χ0v) is 10.7. The molecule has 4 heterocycles. The summed E-state index contributed by atoms with van der Waals surface area (Å²) in [6.07, 6.45) is 3.54. The van der Waals surface area contributed by atoms with Crippen molar-refractivity contribution >= 4 is 5.82 Å². The average Bonchev–Trinajstić information content (AvgIpc) is 2.77. The molecule has 2 bridgehead atoms. The fourth-order valence-corrected chi connectivity index (χ4v) is 4.23. The van der Waals surface area contributed by atoms with Gasteiger partial charge in [-0.25, -0.2) is 9.78 Å². The monoisotopic (exact) mass is 247 g/mol. The summed E-state index contributed by atoms with van der Waals surface area (Å²) in [4.78, 5) is 17.9. The van der Waals surface area contributed by atoms with E-state index in [1.165, 1.54) is 0 Å². The molecule has 2 saturated heterocycles. The second-order valence-electron chi connectivity index (χ2n) is 6.68. The van der Waals surface area contributed by atoms with Crippen molar-refractivity contribution in [1.29, 1.82) is 0 Å². The van der Waals surface area contributed by atoms with Crippen molar-refractivity contribution in [2.45, 2.75) is 44.4 Å². The maximum absolute atomic E-state index is 11.8. The number of anilines is 1. The molecule has 18 heavy (non-hydrogen) atoms. The minimum absolute atomic E-state index is 0.00241. The Kier molecular flexibility index (Phi) is 1.55. The first-order chi connectivity index (χ1) is 8.37. The molecule has 0 atom stereocenters. The zero-order chi connectivity index (χ0) is 12.8. The Hall–Kier alpha value is -1.36. The Morgan fingerprint density at radius 3 is 2.78 bits per heavy atom. The van der Waals surface area contributed by atoms with Gasteiger partial charge >= 0.3 is 5.69 Å². The lowest BCUT2D eigenvalue weighted by Gasteiger charge is -2.51. The minimum atomic E-state index is -0.652. The molecular weight excluding hydrogens is 230 g/mol. The van der Waals surface area contributed by atoms with Gasteiger partial charge in [0.2, 0.25) is 0 Å². The van der Waals surface area contributed by atoms with Crippen molar-refractivity contribution in [3.8, 4) is 0 Å². The fourth-order valence-electron chi connectivity index (χ4n) is 4.23. The van der Waals surface area contributed by atoms with Gasteiger partial charge in [-0.1, -0.05) is 0 Å². The maximum atomic E-state index is 11.8. The van der Waals surface area contributed by atoms with Gasteiger partial charge in [0.25, 0.3) is 0 Å². The number of fused-ring (bicyclic) bond motifs is 1. The van der Waals surface area contributed by atoms with Crippen molar-refractivity contribution in [3.63, 3.8) is 0 Å². The molecule has 1 spiro atoms. The topological polar surface area (TPSA) is 58.4 Å². The van der Waals surface area contributed by atoms with Crippen molar-refractivity contribution in [1.82, 2.24) is 9.55 Å². The SMILES string of the molecule is CC(C)(O)C12CN3c4ccnc(=O)n4CC3(C1)C2. The molecule has 0 aromatic carbocycles. The first-order valence-electron chi connectivity index (χ1n) is 6.43. The van der Waals surface area contributed by atoms with Crippen LogP contribution in [0.5, 0.6) is 0 Å². The predicted molar refractivity (Wildman–Crippen MR) is 66.5 cm³/mol. The zero-order valence-electron chi connectivity index (χ0n) is 10.7. The third kappa shape index (κ3) is 0.947. The Labute approximate surface area is 105 Å². The van der Waals surface area contributed by atoms with Crippen molar-refractivity contribution in [3.05, 3.63) is 22.7 Å². The summed E-state index contributed by atoms with van der Waals surface area (Å²) in [6, 6.07) is 1.91. The Morgan fingerprint density at radius 1 is 1.39 bits per heavy atom. The number of hydrogen-bond acceptors (Lipinski definition) is 4. The van der Waals surface area contributed by atoms with Crippen molar-refractivity contribution in [2.75, 3.05) is 11.4 Å². The summed E-state index contributed by atoms with van der Waals surface area (Å²) in [5.74, 6) is 0.971. The second-order valence-corrected chi connectivity index (χ2v) is 6.68. The summed E-state index contributed by atoms with van der Waals surface area (Å²) < 4.78 is 1.77. The normalized spacial score (nSPS) is 36.3. The van der Waals surface area contributed by atoms with Crippen LogP contribution in [0.2, 0.25) is 0 Å². The van der Waals surface area contributed by atoms with Crippen LogP contribution in [0.15, 0.2) is 17.1 Å². The Morgan fingerprint density at radius 2 is 2.11 bits per heavy atom. The van der Waals surface area contributed by atoms with E-state index in [4.69, 9.17) is 0 Å². The molecule has 0 radical (unpaired) electrons. The molecule has 5 rings (SSSR count). The highest BCUT2D eigenvalue weighted by Gasteiger charge is 2.72. The summed E-state index contributed by atoms with van der Waals surface area (Å²) in [5, 5.41) is 10.4. The third-order valence-corrected chi connectivity index (χ3v) is 5.31. The van der Waals surface area contributed by atoms with Gasteiger partial charge in [0.1, 0.15) is 5.82 Å². The van der Waals surface area contributed by atoms with E-state index in [1.54, 1.807) is 10.8 Å². The van der Waals surface area contributed by atoms with Gasteiger partial charge in [-0.3, -0.25) is 4.57 Å². The van der Waals surface area contributed by atoms with E-state index in [0.717, 1.165) is 31.7 Å². The average molecular weight is 247 g/mol. The number of aliphatic hydroxyl groups is 1. The molecule has 1 aliphatic carbocycles. The van der Waals surface area contributed by atoms with E-state index in [0.29, 0.717) is 0 Å². The van der Waals surface area contributed by atoms with Gasteiger partial charge in [0, 0.05) is 18.2 Å². The Bertz CT molecular complexity index is 593. The molecule has 5 heteroatoms. The van der Waals surface area contributed by atoms with Gasteiger partial charge in [-0.2, -0.15) is 0 Å². The number of nitrogens with zero attached hydrogens (tertiary/aromatic N) is 3. The number of hydrogen-bond donors (Lipinski definition) is 1. The second kappa shape index (κ2) is 2.64. The predicted octanol–water partition coefficient (Wildman–Crippen LogP) is 0.367. The summed E-state index contributed by atoms with van der Waals surface area (Å²) in [6.45, 7) is 5.39. The van der Waals surface area contributed by atoms with Crippen LogP contribution in [-0.2, 0) is 6.54 Å². The lowest BCUT2D eigenvalue weighted by Crippen LogP contribution is -2.57. The minimum Gasteiger partial charge on any atom is -0.390 e. The Balaban J connectivity index is 1.81. The van der Waals surface area contributed by atoms with E-state index in [-0.39, 0.29) is 16.6 Å². The van der Waals surface area contributed by atoms with Crippen molar-refractivity contribution < 1.29 is 5.11 Å². The molecule has 1 N–H and O–H groups in total. The van der Waals surface area contributed by atoms with Crippen LogP contribution in [0.4, 0.5) is 5.82 Å². The van der Waals surface area contributed by atoms with Gasteiger partial charge in [0.05, 0.1) is 17.7 Å². The van der Waals surface area contributed by atoms with Crippen LogP contribution in [0.1, 0.15) is 26.7 Å². The van der Waals surface area contributed by atoms with Crippen LogP contribution in [0.3, 0.4) is 0 Å². The van der Waals surface area contributed by atoms with Crippen LogP contribution >= 0.6 is 0 Å². The largest absolute Gasteiger partial charge is 0.390 e. The quantitative estimate of drug-likeness (QED) is 0.779. The molecule has 0 amide bonds. The first-order valence-corrected chi connectivity index (χ1v) is 6.43. The molecule has 96 valence electrons. The number of aromatic nitrogens is 2. The van der Waals surface area contributed by atoms with Crippen molar-refractivity contribution in [2.24, 2.45) is 5.41 Å². The molecule has 3 fully saturated rings. The smallest absolute Gasteiger partial charge is 0.349 e. The number of rotatable bonds is 1. The third-order valence-electron chi connectivity index (χ3n) is 5.31. The highest BCUT2D eigenvalue weighted by Crippen LogP contribution is 2.66. The van der Waals surface area contributed by atoms with E-state index in [1.807, 2.05) is 19.9 Å². The summed E-state index contributed by atoms with van der Waals surface area (Å²) in [5.41, 5.74) is -0.745. The lowest BCUT2D eigenvalue weighted by molar-refractivity contribution is -0.0961. The molecule has 1 aromatic rings. The first kappa shape index (κ1) is 10.6. The highest BCUT2D eigenvalue weighted by molar-refractivity contribution is 5.54. The van der Waals surface area contributed by atoms with Crippen LogP contribution in [0.25, 0.3) is 0 Å². The molecule has 0 unspecified atom stereocenters. The van der Waals surface area contributed by atoms with Gasteiger partial charge in [0.15, 0.2) is 0 Å². The van der Waals surface area contributed by atoms with Gasteiger partial charge in [-0.15, -0.1) is 0 Å². The summed E-state index contributed by atoms with van der Waals surface area (Å²) in [7, 11) is 0. The maximum Gasteiger partial charge on any atom is 0.349 e. The van der Waals surface area contributed by atoms with Crippen LogP contribution < -0.4 is 10.6 Å². The lowest BCUT2D eigenvalue weighted by atomic mass is 9.55. The molecule has 4 aliphatic rings. The van der Waals surface area contributed by atoms with Crippen LogP contribution in [-0.4, -0.2) is 32.3 Å². The molecular formula is C13H17N3O2. The van der Waals surface area contributed by atoms with Gasteiger partial charge in [-0.05, 0) is 32.8 Å². The summed E-state index contributed by atoms with van der Waals surface area (Å²) >= 11 is 0. The molecule has 1 saturated carbocycles. The van der Waals surface area contributed by atoms with E-state index >= 15 is 0 Å². The van der Waals surface area contributed by atoms with E-state index in [9.17, 15) is 9.90 Å².